The molecule has 0 aromatic carbocycles. The van der Waals surface area contributed by atoms with Crippen molar-refractivity contribution in [3.8, 4) is 0 Å². The van der Waals surface area contributed by atoms with E-state index in [1.165, 1.54) is 13.0 Å². The van der Waals surface area contributed by atoms with Gasteiger partial charge in [0, 0.05) is 26.2 Å². The Morgan fingerprint density at radius 3 is 2.87 bits per heavy atom. The average molecular weight is 211 g/mol. The van der Waals surface area contributed by atoms with Crippen molar-refractivity contribution >= 4 is 5.91 Å². The normalized spacial score (nSPS) is 29.3. The second kappa shape index (κ2) is 4.49. The van der Waals surface area contributed by atoms with E-state index in [0.29, 0.717) is 18.5 Å². The molecule has 0 aliphatic carbocycles. The lowest BCUT2D eigenvalue weighted by Crippen LogP contribution is -2.63. The number of hydrogen-bond acceptors (Lipinski definition) is 3. The first kappa shape index (κ1) is 10.9. The van der Waals surface area contributed by atoms with Crippen molar-refractivity contribution < 1.29 is 4.79 Å². The predicted octanol–water partition coefficient (Wildman–Crippen LogP) is -0.145. The molecular formula is C11H21N3O. The lowest BCUT2D eigenvalue weighted by Gasteiger charge is -2.46. The Bertz CT molecular complexity index is 244. The fourth-order valence-corrected chi connectivity index (χ4v) is 2.67. The molecule has 1 atom stereocenters. The summed E-state index contributed by atoms with van der Waals surface area (Å²) >= 11 is 0. The molecule has 4 heteroatoms. The van der Waals surface area contributed by atoms with Gasteiger partial charge >= 0.3 is 0 Å². The minimum absolute atomic E-state index is 0.310. The quantitative estimate of drug-likeness (QED) is 0.636. The van der Waals surface area contributed by atoms with Crippen LogP contribution >= 0.6 is 0 Å². The maximum atomic E-state index is 11.8. The van der Waals surface area contributed by atoms with Gasteiger partial charge in [0.05, 0.1) is 12.6 Å². The second-order valence-electron chi connectivity index (χ2n) is 4.74. The van der Waals surface area contributed by atoms with Gasteiger partial charge in [-0.15, -0.1) is 0 Å². The van der Waals surface area contributed by atoms with Gasteiger partial charge in [-0.25, -0.2) is 0 Å². The Morgan fingerprint density at radius 2 is 2.13 bits per heavy atom. The van der Waals surface area contributed by atoms with Crippen LogP contribution in [0, 0.1) is 0 Å². The maximum Gasteiger partial charge on any atom is 0.237 e. The van der Waals surface area contributed by atoms with E-state index in [4.69, 9.17) is 0 Å². The van der Waals surface area contributed by atoms with Crippen LogP contribution in [0.5, 0.6) is 0 Å². The number of amides is 1. The minimum Gasteiger partial charge on any atom is -0.335 e. The van der Waals surface area contributed by atoms with Crippen LogP contribution in [0.15, 0.2) is 0 Å². The van der Waals surface area contributed by atoms with Crippen molar-refractivity contribution in [2.75, 3.05) is 46.3 Å². The molecule has 0 N–H and O–H groups in total. The molecule has 0 aromatic heterocycles. The largest absolute Gasteiger partial charge is 0.335 e. The first-order valence-electron chi connectivity index (χ1n) is 5.91. The van der Waals surface area contributed by atoms with Crippen molar-refractivity contribution in [2.24, 2.45) is 0 Å². The molecular weight excluding hydrogens is 190 g/mol. The lowest BCUT2D eigenvalue weighted by molar-refractivity contribution is -0.142. The third kappa shape index (κ3) is 2.32. The van der Waals surface area contributed by atoms with Crippen LogP contribution in [-0.2, 0) is 4.79 Å². The summed E-state index contributed by atoms with van der Waals surface area (Å²) in [4.78, 5) is 18.5. The number of fused-ring (bicyclic) bond motifs is 1. The highest BCUT2D eigenvalue weighted by Crippen LogP contribution is 2.15. The molecule has 0 spiro atoms. The first-order valence-corrected chi connectivity index (χ1v) is 5.91. The van der Waals surface area contributed by atoms with Gasteiger partial charge in [0.15, 0.2) is 0 Å². The summed E-state index contributed by atoms with van der Waals surface area (Å²) in [6.45, 7) is 8.06. The predicted molar refractivity (Wildman–Crippen MR) is 59.7 cm³/mol. The lowest BCUT2D eigenvalue weighted by atomic mass is 10.1. The Labute approximate surface area is 91.8 Å². The molecule has 0 aromatic rings. The van der Waals surface area contributed by atoms with Crippen LogP contribution in [0.25, 0.3) is 0 Å². The molecule has 0 radical (unpaired) electrons. The highest BCUT2D eigenvalue weighted by molar-refractivity contribution is 5.79. The molecule has 2 aliphatic rings. The number of nitrogens with zero attached hydrogens (tertiary/aromatic N) is 3. The van der Waals surface area contributed by atoms with Crippen molar-refractivity contribution in [1.29, 1.82) is 0 Å². The molecule has 0 bridgehead atoms. The molecule has 15 heavy (non-hydrogen) atoms. The topological polar surface area (TPSA) is 26.8 Å². The number of hydrogen-bond donors (Lipinski definition) is 0. The van der Waals surface area contributed by atoms with E-state index in [0.717, 1.165) is 26.2 Å². The third-order valence-corrected chi connectivity index (χ3v) is 3.35. The van der Waals surface area contributed by atoms with E-state index in [9.17, 15) is 4.79 Å². The van der Waals surface area contributed by atoms with Crippen LogP contribution in [0.4, 0.5) is 0 Å². The van der Waals surface area contributed by atoms with Crippen molar-refractivity contribution in [3.63, 3.8) is 0 Å². The second-order valence-corrected chi connectivity index (χ2v) is 4.74. The van der Waals surface area contributed by atoms with Crippen molar-refractivity contribution in [1.82, 2.24) is 14.7 Å². The van der Waals surface area contributed by atoms with Gasteiger partial charge in [-0.3, -0.25) is 14.6 Å². The standard InChI is InChI=1S/C11H21N3O/c1-3-4-13-5-6-14-10(8-13)7-12(2)9-11(14)15/h10H,3-9H2,1-2H3. The number of likely N-dealkylation sites (N-methyl/N-ethyl adjacent to an activating group) is 1. The summed E-state index contributed by atoms with van der Waals surface area (Å²) in [6.07, 6.45) is 1.20. The van der Waals surface area contributed by atoms with Gasteiger partial charge < -0.3 is 4.90 Å². The van der Waals surface area contributed by atoms with Crippen LogP contribution in [0.3, 0.4) is 0 Å². The van der Waals surface area contributed by atoms with Gasteiger partial charge in [-0.1, -0.05) is 6.92 Å². The highest BCUT2D eigenvalue weighted by atomic mass is 16.2. The fourth-order valence-electron chi connectivity index (χ4n) is 2.67. The Balaban J connectivity index is 1.96. The van der Waals surface area contributed by atoms with Gasteiger partial charge in [0.25, 0.3) is 0 Å². The van der Waals surface area contributed by atoms with Gasteiger partial charge in [-0.2, -0.15) is 0 Å². The molecule has 2 aliphatic heterocycles. The van der Waals surface area contributed by atoms with Gasteiger partial charge in [0.2, 0.25) is 5.91 Å². The van der Waals surface area contributed by atoms with Crippen LogP contribution < -0.4 is 0 Å². The summed E-state index contributed by atoms with van der Waals surface area (Å²) in [6, 6.07) is 0.427. The maximum absolute atomic E-state index is 11.8. The van der Waals surface area contributed by atoms with E-state index in [2.05, 4.69) is 21.6 Å². The summed E-state index contributed by atoms with van der Waals surface area (Å²) in [5.41, 5.74) is 0. The zero-order chi connectivity index (χ0) is 10.8. The molecule has 4 nitrogen and oxygen atoms in total. The summed E-state index contributed by atoms with van der Waals surface area (Å²) < 4.78 is 0. The fraction of sp³-hybridized carbons (Fsp3) is 0.909. The van der Waals surface area contributed by atoms with Gasteiger partial charge in [-0.05, 0) is 20.0 Å². The molecule has 86 valence electrons. The summed E-state index contributed by atoms with van der Waals surface area (Å²) in [7, 11) is 2.04. The van der Waals surface area contributed by atoms with E-state index < -0.39 is 0 Å². The smallest absolute Gasteiger partial charge is 0.237 e. The Kier molecular flexibility index (Phi) is 3.26. The molecule has 2 heterocycles. The SMILES string of the molecule is CCCN1CCN2C(=O)CN(C)CC2C1. The molecule has 2 rings (SSSR count). The number of piperazine rings is 2. The highest BCUT2D eigenvalue weighted by Gasteiger charge is 2.34. The first-order chi connectivity index (χ1) is 7.20. The van der Waals surface area contributed by atoms with Crippen LogP contribution in [0.2, 0.25) is 0 Å². The Morgan fingerprint density at radius 1 is 1.33 bits per heavy atom. The number of carbonyl (C=O) groups excluding carboxylic acids is 1. The molecule has 2 fully saturated rings. The molecule has 1 unspecified atom stereocenters. The zero-order valence-electron chi connectivity index (χ0n) is 9.78. The minimum atomic E-state index is 0.310. The van der Waals surface area contributed by atoms with E-state index in [-0.39, 0.29) is 0 Å². The van der Waals surface area contributed by atoms with E-state index in [1.54, 1.807) is 0 Å². The zero-order valence-corrected chi connectivity index (χ0v) is 9.78. The monoisotopic (exact) mass is 211 g/mol. The summed E-state index contributed by atoms with van der Waals surface area (Å²) in [5, 5.41) is 0. The third-order valence-electron chi connectivity index (χ3n) is 3.35. The Hall–Kier alpha value is -0.610. The van der Waals surface area contributed by atoms with Crippen LogP contribution in [-0.4, -0.2) is 73.0 Å². The van der Waals surface area contributed by atoms with Gasteiger partial charge in [0.1, 0.15) is 0 Å². The van der Waals surface area contributed by atoms with Crippen LogP contribution in [0.1, 0.15) is 13.3 Å². The molecule has 2 saturated heterocycles. The van der Waals surface area contributed by atoms with E-state index >= 15 is 0 Å². The number of carbonyl (C=O) groups is 1. The van der Waals surface area contributed by atoms with Crippen molar-refractivity contribution in [3.05, 3.63) is 0 Å². The molecule has 0 saturated carbocycles. The van der Waals surface area contributed by atoms with E-state index in [1.807, 2.05) is 7.05 Å². The van der Waals surface area contributed by atoms with Crippen molar-refractivity contribution in [2.45, 2.75) is 19.4 Å². The average Bonchev–Trinajstić information content (AvgIpc) is 2.17. The molecule has 1 amide bonds. The summed E-state index contributed by atoms with van der Waals surface area (Å²) in [5.74, 6) is 0.310. The number of rotatable bonds is 2.